The number of fused-ring (bicyclic) bond motifs is 1. The molecule has 1 aliphatic carbocycles. The van der Waals surface area contributed by atoms with Gasteiger partial charge in [0.05, 0.1) is 0 Å². The van der Waals surface area contributed by atoms with Crippen molar-refractivity contribution in [2.75, 3.05) is 18.0 Å². The maximum atomic E-state index is 12.3. The molecule has 3 rings (SSSR count). The molecule has 21 heavy (non-hydrogen) atoms. The number of rotatable bonds is 2. The van der Waals surface area contributed by atoms with Gasteiger partial charge in [-0.1, -0.05) is 26.8 Å². The molecule has 1 heterocycles. The molecule has 1 aliphatic heterocycles. The van der Waals surface area contributed by atoms with E-state index in [0.29, 0.717) is 17.3 Å². The fourth-order valence-corrected chi connectivity index (χ4v) is 3.90. The lowest BCUT2D eigenvalue weighted by atomic mass is 9.87. The van der Waals surface area contributed by atoms with Crippen LogP contribution in [-0.4, -0.2) is 19.5 Å². The maximum absolute atomic E-state index is 12.3. The Labute approximate surface area is 122 Å². The molecule has 0 N–H and O–H groups in total. The lowest BCUT2D eigenvalue weighted by Gasteiger charge is -2.27. The Bertz CT molecular complexity index is 523. The Balaban J connectivity index is 1.67. The van der Waals surface area contributed by atoms with Crippen molar-refractivity contribution in [2.45, 2.75) is 27.1 Å². The third-order valence-electron chi connectivity index (χ3n) is 4.61. The van der Waals surface area contributed by atoms with E-state index in [4.69, 9.17) is 0 Å². The Morgan fingerprint density at radius 1 is 1.10 bits per heavy atom. The van der Waals surface area contributed by atoms with Crippen molar-refractivity contribution >= 4 is 5.69 Å². The van der Waals surface area contributed by atoms with E-state index in [-0.39, 0.29) is 5.75 Å². The maximum Gasteiger partial charge on any atom is 0.573 e. The quantitative estimate of drug-likeness (QED) is 0.806. The average molecular weight is 299 g/mol. The van der Waals surface area contributed by atoms with E-state index in [1.54, 1.807) is 6.07 Å². The van der Waals surface area contributed by atoms with Crippen molar-refractivity contribution in [2.24, 2.45) is 23.2 Å². The van der Waals surface area contributed by atoms with Crippen molar-refractivity contribution in [3.63, 3.8) is 0 Å². The summed E-state index contributed by atoms with van der Waals surface area (Å²) in [4.78, 5) is 2.17. The topological polar surface area (TPSA) is 12.5 Å². The van der Waals surface area contributed by atoms with E-state index >= 15 is 0 Å². The molecule has 1 saturated heterocycles. The van der Waals surface area contributed by atoms with E-state index in [1.807, 2.05) is 6.07 Å². The van der Waals surface area contributed by atoms with Crippen molar-refractivity contribution in [1.82, 2.24) is 0 Å². The van der Waals surface area contributed by atoms with Gasteiger partial charge in [-0.25, -0.2) is 0 Å². The number of halogens is 3. The van der Waals surface area contributed by atoms with Crippen LogP contribution < -0.4 is 9.64 Å². The number of ether oxygens (including phenoxy) is 1. The second kappa shape index (κ2) is 4.55. The number of nitrogens with zero attached hydrogens (tertiary/aromatic N) is 1. The summed E-state index contributed by atoms with van der Waals surface area (Å²) < 4.78 is 40.8. The van der Waals surface area contributed by atoms with Crippen LogP contribution in [0.2, 0.25) is 0 Å². The Morgan fingerprint density at radius 2 is 1.71 bits per heavy atom. The van der Waals surface area contributed by atoms with Crippen LogP contribution in [0.4, 0.5) is 18.9 Å². The Hall–Kier alpha value is -1.39. The standard InChI is InChI=1S/C16H20F3NO/c1-15(2,3)14-12-8-20(9-13(12)14)10-5-4-6-11(7-10)21-16(17,18)19/h4-7,12-14H,8-9H2,1-3H3. The summed E-state index contributed by atoms with van der Waals surface area (Å²) >= 11 is 0. The molecule has 2 atom stereocenters. The lowest BCUT2D eigenvalue weighted by Crippen LogP contribution is -2.27. The lowest BCUT2D eigenvalue weighted by molar-refractivity contribution is -0.274. The van der Waals surface area contributed by atoms with Gasteiger partial charge in [-0.3, -0.25) is 0 Å². The van der Waals surface area contributed by atoms with E-state index in [2.05, 4.69) is 30.4 Å². The molecular formula is C16H20F3NO. The molecule has 2 fully saturated rings. The number of hydrogen-bond acceptors (Lipinski definition) is 2. The largest absolute Gasteiger partial charge is 0.573 e. The fourth-order valence-electron chi connectivity index (χ4n) is 3.90. The summed E-state index contributed by atoms with van der Waals surface area (Å²) in [7, 11) is 0. The minimum atomic E-state index is -4.64. The second-order valence-corrected chi connectivity index (χ2v) is 7.17. The van der Waals surface area contributed by atoms with Crippen LogP contribution in [0.1, 0.15) is 20.8 Å². The molecule has 2 aliphatic rings. The van der Waals surface area contributed by atoms with Gasteiger partial charge in [-0.15, -0.1) is 13.2 Å². The average Bonchev–Trinajstić information content (AvgIpc) is 2.85. The third kappa shape index (κ3) is 2.97. The molecule has 0 aromatic heterocycles. The first-order valence-electron chi connectivity index (χ1n) is 7.26. The van der Waals surface area contributed by atoms with Crippen molar-refractivity contribution in [3.8, 4) is 5.75 Å². The fraction of sp³-hybridized carbons (Fsp3) is 0.625. The second-order valence-electron chi connectivity index (χ2n) is 7.17. The van der Waals surface area contributed by atoms with E-state index < -0.39 is 6.36 Å². The van der Waals surface area contributed by atoms with Crippen molar-refractivity contribution in [1.29, 1.82) is 0 Å². The molecule has 1 saturated carbocycles. The van der Waals surface area contributed by atoms with E-state index in [0.717, 1.165) is 24.7 Å². The van der Waals surface area contributed by atoms with Gasteiger partial charge in [-0.05, 0) is 35.3 Å². The zero-order valence-corrected chi connectivity index (χ0v) is 12.4. The van der Waals surface area contributed by atoms with Gasteiger partial charge in [0, 0.05) is 24.8 Å². The summed E-state index contributed by atoms with van der Waals surface area (Å²) in [5, 5.41) is 0. The van der Waals surface area contributed by atoms with Gasteiger partial charge in [-0.2, -0.15) is 0 Å². The number of alkyl halides is 3. The van der Waals surface area contributed by atoms with Crippen LogP contribution in [0.15, 0.2) is 24.3 Å². The molecule has 2 unspecified atom stereocenters. The summed E-state index contributed by atoms with van der Waals surface area (Å²) in [6, 6.07) is 6.28. The van der Waals surface area contributed by atoms with Gasteiger partial charge in [0.2, 0.25) is 0 Å². The molecule has 0 spiro atoms. The highest BCUT2D eigenvalue weighted by atomic mass is 19.4. The van der Waals surface area contributed by atoms with Gasteiger partial charge in [0.25, 0.3) is 0 Å². The molecule has 0 bridgehead atoms. The van der Waals surface area contributed by atoms with Crippen LogP contribution in [-0.2, 0) is 0 Å². The first-order valence-corrected chi connectivity index (χ1v) is 7.26. The number of benzene rings is 1. The minimum Gasteiger partial charge on any atom is -0.406 e. The zero-order valence-electron chi connectivity index (χ0n) is 12.4. The predicted molar refractivity (Wildman–Crippen MR) is 75.3 cm³/mol. The molecule has 1 aromatic rings. The minimum absolute atomic E-state index is 0.145. The smallest absolute Gasteiger partial charge is 0.406 e. The molecule has 2 nitrogen and oxygen atoms in total. The van der Waals surface area contributed by atoms with Crippen molar-refractivity contribution in [3.05, 3.63) is 24.3 Å². The highest BCUT2D eigenvalue weighted by Crippen LogP contribution is 2.60. The third-order valence-corrected chi connectivity index (χ3v) is 4.61. The predicted octanol–water partition coefficient (Wildman–Crippen LogP) is 4.31. The van der Waals surface area contributed by atoms with Crippen LogP contribution >= 0.6 is 0 Å². The molecule has 1 aromatic carbocycles. The van der Waals surface area contributed by atoms with E-state index in [1.165, 1.54) is 12.1 Å². The summed E-state index contributed by atoms with van der Waals surface area (Å²) in [5.74, 6) is 1.95. The zero-order chi connectivity index (χ0) is 15.4. The number of piperidine rings is 1. The number of hydrogen-bond donors (Lipinski definition) is 0. The Kier molecular flexibility index (Phi) is 3.15. The normalized spacial score (nSPS) is 28.5. The van der Waals surface area contributed by atoms with Gasteiger partial charge < -0.3 is 9.64 Å². The molecule has 5 heteroatoms. The van der Waals surface area contributed by atoms with Crippen LogP contribution in [0.25, 0.3) is 0 Å². The highest BCUT2D eigenvalue weighted by molar-refractivity contribution is 5.52. The molecule has 116 valence electrons. The SMILES string of the molecule is CC(C)(C)C1C2CN(c3cccc(OC(F)(F)F)c3)CC21. The first kappa shape index (κ1) is 14.5. The monoisotopic (exact) mass is 299 g/mol. The summed E-state index contributed by atoms with van der Waals surface area (Å²) in [6.45, 7) is 8.65. The molecular weight excluding hydrogens is 279 g/mol. The summed E-state index contributed by atoms with van der Waals surface area (Å²) in [6.07, 6.45) is -4.64. The van der Waals surface area contributed by atoms with Crippen molar-refractivity contribution < 1.29 is 17.9 Å². The van der Waals surface area contributed by atoms with Gasteiger partial charge in [0.15, 0.2) is 0 Å². The first-order chi connectivity index (χ1) is 9.65. The van der Waals surface area contributed by atoms with Gasteiger partial charge in [0.1, 0.15) is 5.75 Å². The summed E-state index contributed by atoms with van der Waals surface area (Å²) in [5.41, 5.74) is 1.14. The molecule has 0 radical (unpaired) electrons. The van der Waals surface area contributed by atoms with E-state index in [9.17, 15) is 13.2 Å². The highest BCUT2D eigenvalue weighted by Gasteiger charge is 2.59. The van der Waals surface area contributed by atoms with Crippen LogP contribution in [0.3, 0.4) is 0 Å². The Morgan fingerprint density at radius 3 is 2.24 bits per heavy atom. The number of anilines is 1. The van der Waals surface area contributed by atoms with Crippen LogP contribution in [0.5, 0.6) is 5.75 Å². The van der Waals surface area contributed by atoms with Gasteiger partial charge >= 0.3 is 6.36 Å². The molecule has 0 amide bonds. The van der Waals surface area contributed by atoms with Crippen LogP contribution in [0, 0.1) is 23.2 Å².